The van der Waals surface area contributed by atoms with Crippen LogP contribution in [0.25, 0.3) is 11.1 Å². The number of nitrogens with one attached hydrogen (secondary N) is 1. The fourth-order valence-electron chi connectivity index (χ4n) is 6.23. The summed E-state index contributed by atoms with van der Waals surface area (Å²) in [5, 5.41) is 3.30. The number of aromatic nitrogens is 3. The summed E-state index contributed by atoms with van der Waals surface area (Å²) < 4.78 is 16.5. The predicted octanol–water partition coefficient (Wildman–Crippen LogP) is 2.28. The predicted molar refractivity (Wildman–Crippen MR) is 183 cm³/mol. The number of rotatable bonds is 10. The first-order valence-electron chi connectivity index (χ1n) is 16.4. The molecule has 0 aliphatic carbocycles. The lowest BCUT2D eigenvalue weighted by Gasteiger charge is -2.34. The van der Waals surface area contributed by atoms with Crippen LogP contribution in [0.15, 0.2) is 60.7 Å². The number of amides is 2. The highest BCUT2D eigenvalue weighted by atomic mass is 16.7. The quantitative estimate of drug-likeness (QED) is 0.211. The summed E-state index contributed by atoms with van der Waals surface area (Å²) >= 11 is 0. The molecule has 2 fully saturated rings. The van der Waals surface area contributed by atoms with Gasteiger partial charge >= 0.3 is 0 Å². The lowest BCUT2D eigenvalue weighted by molar-refractivity contribution is -0.132. The Bertz CT molecular complexity index is 1840. The molecule has 2 saturated heterocycles. The van der Waals surface area contributed by atoms with Crippen molar-refractivity contribution in [2.24, 2.45) is 5.73 Å². The van der Waals surface area contributed by atoms with Crippen LogP contribution in [0.2, 0.25) is 0 Å². The van der Waals surface area contributed by atoms with Gasteiger partial charge in [-0.1, -0.05) is 30.3 Å². The Morgan fingerprint density at radius 1 is 0.816 bits per heavy atom. The summed E-state index contributed by atoms with van der Waals surface area (Å²) in [5.41, 5.74) is 16.2. The number of anilines is 3. The van der Waals surface area contributed by atoms with E-state index in [2.05, 4.69) is 21.3 Å². The fourth-order valence-corrected chi connectivity index (χ4v) is 6.23. The molecule has 14 heteroatoms. The van der Waals surface area contributed by atoms with Gasteiger partial charge in [0.05, 0.1) is 19.6 Å². The molecule has 0 atom stereocenters. The van der Waals surface area contributed by atoms with E-state index in [0.29, 0.717) is 80.5 Å². The number of piperazine rings is 1. The second kappa shape index (κ2) is 14.3. The second-order valence-corrected chi connectivity index (χ2v) is 12.2. The third-order valence-corrected chi connectivity index (χ3v) is 8.89. The van der Waals surface area contributed by atoms with Gasteiger partial charge in [-0.3, -0.25) is 14.5 Å². The van der Waals surface area contributed by atoms with Crippen LogP contribution >= 0.6 is 0 Å². The van der Waals surface area contributed by atoms with E-state index in [1.54, 1.807) is 12.1 Å². The summed E-state index contributed by atoms with van der Waals surface area (Å²) in [5.74, 6) is 2.23. The molecule has 0 radical (unpaired) electrons. The second-order valence-electron chi connectivity index (χ2n) is 12.2. The maximum atomic E-state index is 13.5. The monoisotopic (exact) mass is 665 g/mol. The molecule has 2 amide bonds. The molecule has 3 aliphatic rings. The molecular formula is C35H39N9O5. The maximum absolute atomic E-state index is 13.5. The summed E-state index contributed by atoms with van der Waals surface area (Å²) in [6.07, 6.45) is 0.0570. The van der Waals surface area contributed by atoms with Crippen molar-refractivity contribution in [2.75, 3.05) is 75.2 Å². The van der Waals surface area contributed by atoms with Crippen molar-refractivity contribution < 1.29 is 23.8 Å². The van der Waals surface area contributed by atoms with Crippen LogP contribution in [-0.2, 0) is 29.0 Å². The maximum Gasteiger partial charge on any atom is 0.249 e. The fraction of sp³-hybridized carbons (Fsp3) is 0.343. The molecule has 4 aromatic rings. The standard InChI is InChI=1S/C35H39N9O5/c36-28-4-2-1-3-25(28)27-17-23(5-7-26(27)33(37)46)20-38-34-39-31(40-35(41-34)44-13-15-47-16-14-44)19-32(45)43-11-9-42(10-12-43)21-24-6-8-29-30(18-24)49-22-48-29/h1-8,17-18H,9-16,19-22,36H2,(H2,37,46)(H,38,39,40,41). The van der Waals surface area contributed by atoms with Crippen LogP contribution in [0, 0.1) is 0 Å². The first-order valence-corrected chi connectivity index (χ1v) is 16.4. The number of hydrogen-bond acceptors (Lipinski definition) is 12. The number of carbonyl (C=O) groups is 2. The largest absolute Gasteiger partial charge is 0.454 e. The van der Waals surface area contributed by atoms with E-state index >= 15 is 0 Å². The van der Waals surface area contributed by atoms with E-state index in [4.69, 9.17) is 35.6 Å². The Kier molecular flexibility index (Phi) is 9.39. The van der Waals surface area contributed by atoms with Crippen molar-refractivity contribution in [3.8, 4) is 22.6 Å². The Labute approximate surface area is 284 Å². The SMILES string of the molecule is NC(=O)c1ccc(CNc2nc(CC(=O)N3CCN(Cc4ccc5c(c4)OCO5)CC3)nc(N3CCOCC3)n2)cc1-c1ccccc1N. The number of hydrogen-bond donors (Lipinski definition) is 3. The number of ether oxygens (including phenoxy) is 3. The number of nitrogens with zero attached hydrogens (tertiary/aromatic N) is 6. The van der Waals surface area contributed by atoms with E-state index < -0.39 is 5.91 Å². The van der Waals surface area contributed by atoms with Crippen molar-refractivity contribution in [2.45, 2.75) is 19.5 Å². The average molecular weight is 666 g/mol. The zero-order chi connectivity index (χ0) is 33.7. The molecule has 0 saturated carbocycles. The molecule has 14 nitrogen and oxygen atoms in total. The van der Waals surface area contributed by atoms with Gasteiger partial charge in [0.2, 0.25) is 30.5 Å². The number of fused-ring (bicyclic) bond motifs is 1. The Morgan fingerprint density at radius 2 is 1.59 bits per heavy atom. The van der Waals surface area contributed by atoms with E-state index in [9.17, 15) is 9.59 Å². The smallest absolute Gasteiger partial charge is 0.249 e. The van der Waals surface area contributed by atoms with E-state index in [0.717, 1.165) is 47.8 Å². The third kappa shape index (κ3) is 7.50. The molecule has 3 aliphatic heterocycles. The number of primary amides is 1. The molecule has 0 unspecified atom stereocenters. The van der Waals surface area contributed by atoms with Crippen LogP contribution in [0.4, 0.5) is 17.6 Å². The van der Waals surface area contributed by atoms with Crippen LogP contribution < -0.4 is 31.2 Å². The zero-order valence-corrected chi connectivity index (χ0v) is 27.1. The van der Waals surface area contributed by atoms with Gasteiger partial charge < -0.3 is 40.8 Å². The van der Waals surface area contributed by atoms with Crippen molar-refractivity contribution in [1.29, 1.82) is 0 Å². The minimum absolute atomic E-state index is 0.0278. The van der Waals surface area contributed by atoms with Gasteiger partial charge in [0.1, 0.15) is 5.82 Å². The highest BCUT2D eigenvalue weighted by molar-refractivity contribution is 6.01. The summed E-state index contributed by atoms with van der Waals surface area (Å²) in [6, 6.07) is 18.8. The molecule has 0 spiro atoms. The van der Waals surface area contributed by atoms with Gasteiger partial charge in [-0.15, -0.1) is 0 Å². The molecule has 254 valence electrons. The summed E-state index contributed by atoms with van der Waals surface area (Å²) in [7, 11) is 0. The lowest BCUT2D eigenvalue weighted by atomic mass is 9.95. The molecule has 4 heterocycles. The molecule has 3 aromatic carbocycles. The average Bonchev–Trinajstić information content (AvgIpc) is 3.59. The number of nitrogens with two attached hydrogens (primary N) is 2. The molecular weight excluding hydrogens is 626 g/mol. The molecule has 0 bridgehead atoms. The topological polar surface area (TPSA) is 174 Å². The third-order valence-electron chi connectivity index (χ3n) is 8.89. The van der Waals surface area contributed by atoms with Crippen molar-refractivity contribution in [3.63, 3.8) is 0 Å². The molecule has 7 rings (SSSR count). The first-order chi connectivity index (χ1) is 23.9. The normalized spacial score (nSPS) is 16.1. The lowest BCUT2D eigenvalue weighted by Crippen LogP contribution is -2.48. The Balaban J connectivity index is 1.03. The Morgan fingerprint density at radius 3 is 2.39 bits per heavy atom. The van der Waals surface area contributed by atoms with Gasteiger partial charge in [0.15, 0.2) is 11.5 Å². The van der Waals surface area contributed by atoms with E-state index in [1.807, 2.05) is 52.3 Å². The number of benzene rings is 3. The van der Waals surface area contributed by atoms with Crippen molar-refractivity contribution in [3.05, 3.63) is 83.2 Å². The van der Waals surface area contributed by atoms with Gasteiger partial charge in [-0.25, -0.2) is 0 Å². The van der Waals surface area contributed by atoms with Crippen LogP contribution in [0.3, 0.4) is 0 Å². The van der Waals surface area contributed by atoms with Crippen LogP contribution in [0.5, 0.6) is 11.5 Å². The molecule has 5 N–H and O–H groups in total. The van der Waals surface area contributed by atoms with Crippen molar-refractivity contribution in [1.82, 2.24) is 24.8 Å². The summed E-state index contributed by atoms with van der Waals surface area (Å²) in [6.45, 7) is 6.54. The highest BCUT2D eigenvalue weighted by Gasteiger charge is 2.24. The number of morpholine rings is 1. The number of nitrogen functional groups attached to an aromatic ring is 1. The van der Waals surface area contributed by atoms with Gasteiger partial charge in [-0.05, 0) is 47.0 Å². The molecule has 1 aromatic heterocycles. The summed E-state index contributed by atoms with van der Waals surface area (Å²) in [4.78, 5) is 46.0. The van der Waals surface area contributed by atoms with E-state index in [-0.39, 0.29) is 19.1 Å². The first kappa shape index (κ1) is 32.1. The van der Waals surface area contributed by atoms with E-state index in [1.165, 1.54) is 0 Å². The van der Waals surface area contributed by atoms with Crippen LogP contribution in [0.1, 0.15) is 27.3 Å². The zero-order valence-electron chi connectivity index (χ0n) is 27.1. The van der Waals surface area contributed by atoms with Gasteiger partial charge in [0.25, 0.3) is 0 Å². The van der Waals surface area contributed by atoms with Gasteiger partial charge in [-0.2, -0.15) is 15.0 Å². The van der Waals surface area contributed by atoms with Gasteiger partial charge in [0, 0.05) is 69.2 Å². The van der Waals surface area contributed by atoms with Crippen LogP contribution in [-0.4, -0.2) is 95.8 Å². The highest BCUT2D eigenvalue weighted by Crippen LogP contribution is 2.33. The number of para-hydroxylation sites is 1. The van der Waals surface area contributed by atoms with Crippen molar-refractivity contribution >= 4 is 29.4 Å². The molecule has 49 heavy (non-hydrogen) atoms. The minimum atomic E-state index is -0.536. The Hall–Kier alpha value is -5.47. The number of carbonyl (C=O) groups excluding carboxylic acids is 2. The minimum Gasteiger partial charge on any atom is -0.454 e.